The van der Waals surface area contributed by atoms with Crippen molar-refractivity contribution in [2.24, 2.45) is 5.92 Å². The van der Waals surface area contributed by atoms with E-state index in [1.165, 1.54) is 17.7 Å². The molecule has 2 fully saturated rings. The third-order valence-corrected chi connectivity index (χ3v) is 6.43. The summed E-state index contributed by atoms with van der Waals surface area (Å²) in [6.07, 6.45) is 6.57. The Bertz CT molecular complexity index is 845. The van der Waals surface area contributed by atoms with Crippen molar-refractivity contribution in [2.75, 3.05) is 38.0 Å². The summed E-state index contributed by atoms with van der Waals surface area (Å²) in [5.41, 5.74) is 0.874. The van der Waals surface area contributed by atoms with Crippen LogP contribution in [0.5, 0.6) is 0 Å². The van der Waals surface area contributed by atoms with Gasteiger partial charge < -0.3 is 15.1 Å². The van der Waals surface area contributed by atoms with E-state index < -0.39 is 0 Å². The van der Waals surface area contributed by atoms with Gasteiger partial charge in [0, 0.05) is 42.9 Å². The number of amides is 2. The predicted molar refractivity (Wildman–Crippen MR) is 116 cm³/mol. The van der Waals surface area contributed by atoms with Gasteiger partial charge in [-0.1, -0.05) is 49.2 Å². The second-order valence-electron chi connectivity index (χ2n) is 8.52. The Morgan fingerprint density at radius 2 is 1.62 bits per heavy atom. The van der Waals surface area contributed by atoms with E-state index in [1.54, 1.807) is 0 Å². The van der Waals surface area contributed by atoms with E-state index in [0.717, 1.165) is 68.3 Å². The standard InChI is InChI=1S/C24H31N3O2/c28-23(25-22-11-7-9-19-8-3-4-10-21(19)22)18-26-16-12-20(13-17-26)24(29)27-14-5-1-2-6-15-27/h3-4,7-11,20H,1-2,5-6,12-18H2,(H,25,28)/p+1. The van der Waals surface area contributed by atoms with Crippen LogP contribution in [-0.2, 0) is 9.59 Å². The van der Waals surface area contributed by atoms with Gasteiger partial charge in [0.15, 0.2) is 6.54 Å². The molecule has 5 nitrogen and oxygen atoms in total. The molecule has 2 aliphatic rings. The zero-order valence-corrected chi connectivity index (χ0v) is 17.2. The zero-order valence-electron chi connectivity index (χ0n) is 17.2. The van der Waals surface area contributed by atoms with Crippen molar-refractivity contribution in [3.8, 4) is 0 Å². The van der Waals surface area contributed by atoms with Gasteiger partial charge in [0.2, 0.25) is 5.91 Å². The lowest BCUT2D eigenvalue weighted by atomic mass is 9.95. The predicted octanol–water partition coefficient (Wildman–Crippen LogP) is 2.48. The average Bonchev–Trinajstić information content (AvgIpc) is 3.04. The van der Waals surface area contributed by atoms with E-state index in [0.29, 0.717) is 12.5 Å². The van der Waals surface area contributed by atoms with Crippen LogP contribution in [0, 0.1) is 5.92 Å². The van der Waals surface area contributed by atoms with Gasteiger partial charge in [-0.25, -0.2) is 0 Å². The molecule has 0 aromatic heterocycles. The molecule has 2 aromatic rings. The summed E-state index contributed by atoms with van der Waals surface area (Å²) in [6, 6.07) is 14.1. The van der Waals surface area contributed by atoms with Crippen LogP contribution in [0.25, 0.3) is 10.8 Å². The molecule has 2 saturated heterocycles. The number of rotatable bonds is 4. The van der Waals surface area contributed by atoms with E-state index in [4.69, 9.17) is 0 Å². The molecule has 0 radical (unpaired) electrons. The third-order valence-electron chi connectivity index (χ3n) is 6.43. The Hall–Kier alpha value is -2.40. The molecule has 0 spiro atoms. The number of benzene rings is 2. The lowest BCUT2D eigenvalue weighted by Gasteiger charge is -2.31. The fraction of sp³-hybridized carbons (Fsp3) is 0.500. The Morgan fingerprint density at radius 3 is 2.38 bits per heavy atom. The van der Waals surface area contributed by atoms with Gasteiger partial charge in [-0.15, -0.1) is 0 Å². The largest absolute Gasteiger partial charge is 0.342 e. The molecule has 2 heterocycles. The van der Waals surface area contributed by atoms with Crippen LogP contribution in [0.4, 0.5) is 5.69 Å². The van der Waals surface area contributed by atoms with E-state index in [1.807, 2.05) is 30.3 Å². The molecule has 0 saturated carbocycles. The van der Waals surface area contributed by atoms with Crippen molar-refractivity contribution in [3.05, 3.63) is 42.5 Å². The third kappa shape index (κ3) is 4.96. The van der Waals surface area contributed by atoms with Crippen LogP contribution in [0.3, 0.4) is 0 Å². The Morgan fingerprint density at radius 1 is 0.931 bits per heavy atom. The number of hydrogen-bond acceptors (Lipinski definition) is 2. The number of carbonyl (C=O) groups excluding carboxylic acids is 2. The second kappa shape index (κ2) is 9.40. The molecule has 2 aliphatic heterocycles. The van der Waals surface area contributed by atoms with E-state index in [2.05, 4.69) is 22.3 Å². The molecule has 29 heavy (non-hydrogen) atoms. The number of likely N-dealkylation sites (tertiary alicyclic amines) is 2. The molecule has 154 valence electrons. The first kappa shape index (κ1) is 19.9. The molecule has 0 atom stereocenters. The maximum Gasteiger partial charge on any atom is 0.279 e. The normalized spacial score (nSPS) is 22.8. The number of nitrogens with zero attached hydrogens (tertiary/aromatic N) is 1. The smallest absolute Gasteiger partial charge is 0.279 e. The number of fused-ring (bicyclic) bond motifs is 1. The summed E-state index contributed by atoms with van der Waals surface area (Å²) in [7, 11) is 0. The average molecular weight is 395 g/mol. The molecule has 5 heteroatoms. The molecule has 2 N–H and O–H groups in total. The molecule has 2 amide bonds. The summed E-state index contributed by atoms with van der Waals surface area (Å²) in [6.45, 7) is 4.12. The minimum absolute atomic E-state index is 0.0497. The van der Waals surface area contributed by atoms with Gasteiger partial charge in [0.1, 0.15) is 0 Å². The van der Waals surface area contributed by atoms with Gasteiger partial charge in [-0.2, -0.15) is 0 Å². The summed E-state index contributed by atoms with van der Waals surface area (Å²) < 4.78 is 0. The van der Waals surface area contributed by atoms with Crippen LogP contribution in [0.1, 0.15) is 38.5 Å². The molecule has 0 unspecified atom stereocenters. The highest BCUT2D eigenvalue weighted by Gasteiger charge is 2.31. The van der Waals surface area contributed by atoms with Crippen molar-refractivity contribution in [1.82, 2.24) is 4.90 Å². The second-order valence-corrected chi connectivity index (χ2v) is 8.52. The fourth-order valence-corrected chi connectivity index (χ4v) is 4.75. The fourth-order valence-electron chi connectivity index (χ4n) is 4.75. The van der Waals surface area contributed by atoms with Gasteiger partial charge in [-0.3, -0.25) is 9.59 Å². The van der Waals surface area contributed by atoms with E-state index >= 15 is 0 Å². The molecule has 0 bridgehead atoms. The topological polar surface area (TPSA) is 53.9 Å². The maximum absolute atomic E-state index is 12.8. The number of hydrogen-bond donors (Lipinski definition) is 2. The van der Waals surface area contributed by atoms with Crippen LogP contribution in [0.15, 0.2) is 42.5 Å². The van der Waals surface area contributed by atoms with Gasteiger partial charge in [0.05, 0.1) is 13.1 Å². The Labute approximate surface area is 173 Å². The van der Waals surface area contributed by atoms with Crippen LogP contribution >= 0.6 is 0 Å². The van der Waals surface area contributed by atoms with Gasteiger partial charge in [-0.05, 0) is 24.3 Å². The van der Waals surface area contributed by atoms with E-state index in [-0.39, 0.29) is 11.8 Å². The Balaban J connectivity index is 1.28. The SMILES string of the molecule is O=C(C[NH+]1CCC(C(=O)N2CCCCCC2)CC1)Nc1cccc2ccccc12. The molecular weight excluding hydrogens is 362 g/mol. The number of piperidine rings is 1. The van der Waals surface area contributed by atoms with Crippen molar-refractivity contribution >= 4 is 28.3 Å². The quantitative estimate of drug-likeness (QED) is 0.837. The monoisotopic (exact) mass is 394 g/mol. The van der Waals surface area contributed by atoms with Crippen molar-refractivity contribution in [3.63, 3.8) is 0 Å². The summed E-state index contributed by atoms with van der Waals surface area (Å²) in [5, 5.41) is 5.29. The molecule has 2 aromatic carbocycles. The molecule has 0 aliphatic carbocycles. The number of carbonyl (C=O) groups is 2. The lowest BCUT2D eigenvalue weighted by Crippen LogP contribution is -3.14. The summed E-state index contributed by atoms with van der Waals surface area (Å²) in [4.78, 5) is 28.8. The van der Waals surface area contributed by atoms with Crippen molar-refractivity contribution in [2.45, 2.75) is 38.5 Å². The minimum Gasteiger partial charge on any atom is -0.342 e. The van der Waals surface area contributed by atoms with Crippen LogP contribution < -0.4 is 10.2 Å². The van der Waals surface area contributed by atoms with Gasteiger partial charge >= 0.3 is 0 Å². The van der Waals surface area contributed by atoms with Crippen molar-refractivity contribution < 1.29 is 14.5 Å². The first-order chi connectivity index (χ1) is 14.2. The molecular formula is C24H32N3O2+. The highest BCUT2D eigenvalue weighted by molar-refractivity contribution is 6.02. The lowest BCUT2D eigenvalue weighted by molar-refractivity contribution is -0.897. The number of nitrogens with one attached hydrogen (secondary N) is 2. The maximum atomic E-state index is 12.8. The van der Waals surface area contributed by atoms with Gasteiger partial charge in [0.25, 0.3) is 5.91 Å². The van der Waals surface area contributed by atoms with Crippen LogP contribution in [-0.4, -0.2) is 49.4 Å². The van der Waals surface area contributed by atoms with E-state index in [9.17, 15) is 9.59 Å². The van der Waals surface area contributed by atoms with Crippen LogP contribution in [0.2, 0.25) is 0 Å². The van der Waals surface area contributed by atoms with Crippen molar-refractivity contribution in [1.29, 1.82) is 0 Å². The first-order valence-electron chi connectivity index (χ1n) is 11.1. The minimum atomic E-state index is 0.0497. The summed E-state index contributed by atoms with van der Waals surface area (Å²) >= 11 is 0. The Kier molecular flexibility index (Phi) is 6.45. The summed E-state index contributed by atoms with van der Waals surface area (Å²) in [5.74, 6) is 0.554. The zero-order chi connectivity index (χ0) is 20.1. The first-order valence-corrected chi connectivity index (χ1v) is 11.1. The highest BCUT2D eigenvalue weighted by atomic mass is 16.2. The highest BCUT2D eigenvalue weighted by Crippen LogP contribution is 2.23. The number of quaternary nitrogens is 1. The molecule has 4 rings (SSSR count). The number of anilines is 1.